The maximum atomic E-state index is 11.7. The van der Waals surface area contributed by atoms with E-state index in [1.807, 2.05) is 0 Å². The molecule has 2 aromatic rings. The number of fused-ring (bicyclic) bond motifs is 1. The number of rotatable bonds is 2. The van der Waals surface area contributed by atoms with Crippen LogP contribution in [0.25, 0.3) is 11.1 Å². The zero-order chi connectivity index (χ0) is 14.0. The highest BCUT2D eigenvalue weighted by atomic mass is 35.5. The quantitative estimate of drug-likeness (QED) is 0.384. The summed E-state index contributed by atoms with van der Waals surface area (Å²) in [4.78, 5) is 26.9. The largest absolute Gasteiger partial charge is 0.464 e. The zero-order valence-corrected chi connectivity index (χ0v) is 10.3. The number of methoxy groups -OCH3 is 1. The molecule has 0 amide bonds. The molecule has 0 unspecified atom stereocenters. The van der Waals surface area contributed by atoms with Crippen molar-refractivity contribution in [1.82, 2.24) is 4.98 Å². The van der Waals surface area contributed by atoms with Crippen LogP contribution in [0.5, 0.6) is 0 Å². The number of nitrogens with zero attached hydrogens (tertiary/aromatic N) is 2. The van der Waals surface area contributed by atoms with Crippen LogP contribution in [-0.2, 0) is 9.53 Å². The number of halogens is 1. The third kappa shape index (κ3) is 2.41. The third-order valence-corrected chi connectivity index (χ3v) is 2.49. The van der Waals surface area contributed by atoms with Crippen molar-refractivity contribution in [2.45, 2.75) is 0 Å². The Bertz CT molecular complexity index is 737. The SMILES string of the molecule is COC(=O)C(=NO)c1nc2cc(Cl)ccc2oc1=O. The van der Waals surface area contributed by atoms with Gasteiger partial charge in [-0.3, -0.25) is 0 Å². The Morgan fingerprint density at radius 2 is 2.26 bits per heavy atom. The Labute approximate surface area is 111 Å². The van der Waals surface area contributed by atoms with Gasteiger partial charge in [0.1, 0.15) is 5.52 Å². The van der Waals surface area contributed by atoms with E-state index >= 15 is 0 Å². The molecule has 0 atom stereocenters. The van der Waals surface area contributed by atoms with E-state index in [9.17, 15) is 9.59 Å². The number of benzene rings is 1. The molecular weight excluding hydrogens is 276 g/mol. The fraction of sp³-hybridized carbons (Fsp3) is 0.0909. The number of carbonyl (C=O) groups excluding carboxylic acids is 1. The molecule has 0 aliphatic carbocycles. The molecule has 0 aliphatic heterocycles. The Hall–Kier alpha value is -2.41. The van der Waals surface area contributed by atoms with Gasteiger partial charge in [0.2, 0.25) is 5.71 Å². The average Bonchev–Trinajstić information content (AvgIpc) is 2.40. The van der Waals surface area contributed by atoms with Crippen LogP contribution in [0.3, 0.4) is 0 Å². The van der Waals surface area contributed by atoms with Gasteiger partial charge in [-0.05, 0) is 18.2 Å². The number of carbonyl (C=O) groups is 1. The van der Waals surface area contributed by atoms with Gasteiger partial charge in [0.25, 0.3) is 0 Å². The fourth-order valence-corrected chi connectivity index (χ4v) is 1.58. The van der Waals surface area contributed by atoms with Crippen LogP contribution in [0.15, 0.2) is 32.6 Å². The molecule has 8 heteroatoms. The van der Waals surface area contributed by atoms with E-state index < -0.39 is 23.0 Å². The monoisotopic (exact) mass is 282 g/mol. The Morgan fingerprint density at radius 1 is 1.53 bits per heavy atom. The molecule has 98 valence electrons. The number of oxime groups is 1. The molecule has 0 fully saturated rings. The van der Waals surface area contributed by atoms with Gasteiger partial charge in [-0.1, -0.05) is 16.8 Å². The number of hydrogen-bond donors (Lipinski definition) is 1. The summed E-state index contributed by atoms with van der Waals surface area (Å²) in [6.07, 6.45) is 0. The smallest absolute Gasteiger partial charge is 0.365 e. The summed E-state index contributed by atoms with van der Waals surface area (Å²) in [7, 11) is 1.08. The summed E-state index contributed by atoms with van der Waals surface area (Å²) < 4.78 is 9.32. The molecule has 0 saturated carbocycles. The molecule has 1 heterocycles. The second-order valence-electron chi connectivity index (χ2n) is 3.40. The first kappa shape index (κ1) is 13.0. The van der Waals surface area contributed by atoms with Gasteiger partial charge in [0.05, 0.1) is 7.11 Å². The van der Waals surface area contributed by atoms with Crippen LogP contribution in [0, 0.1) is 0 Å². The normalized spacial score (nSPS) is 11.6. The van der Waals surface area contributed by atoms with Gasteiger partial charge in [-0.25, -0.2) is 14.6 Å². The van der Waals surface area contributed by atoms with Crippen molar-refractivity contribution in [3.05, 3.63) is 39.3 Å². The van der Waals surface area contributed by atoms with Gasteiger partial charge >= 0.3 is 11.6 Å². The Kier molecular flexibility index (Phi) is 3.48. The van der Waals surface area contributed by atoms with Crippen LogP contribution in [0.4, 0.5) is 0 Å². The molecule has 7 nitrogen and oxygen atoms in total. The summed E-state index contributed by atoms with van der Waals surface area (Å²) in [6.45, 7) is 0. The molecule has 0 saturated heterocycles. The van der Waals surface area contributed by atoms with E-state index in [0.717, 1.165) is 7.11 Å². The van der Waals surface area contributed by atoms with Crippen molar-refractivity contribution in [1.29, 1.82) is 0 Å². The predicted molar refractivity (Wildman–Crippen MR) is 65.6 cm³/mol. The molecule has 0 bridgehead atoms. The molecule has 1 aromatic heterocycles. The molecule has 0 aliphatic rings. The lowest BCUT2D eigenvalue weighted by Crippen LogP contribution is -2.25. The molecule has 2 rings (SSSR count). The van der Waals surface area contributed by atoms with E-state index in [1.165, 1.54) is 18.2 Å². The molecule has 1 aromatic carbocycles. The second-order valence-corrected chi connectivity index (χ2v) is 3.84. The van der Waals surface area contributed by atoms with Crippen molar-refractivity contribution in [3.63, 3.8) is 0 Å². The molecule has 0 radical (unpaired) electrons. The lowest BCUT2D eigenvalue weighted by molar-refractivity contribution is -0.132. The van der Waals surface area contributed by atoms with E-state index in [4.69, 9.17) is 21.2 Å². The number of ether oxygens (including phenoxy) is 1. The fourth-order valence-electron chi connectivity index (χ4n) is 1.41. The zero-order valence-electron chi connectivity index (χ0n) is 9.58. The number of aromatic nitrogens is 1. The lowest BCUT2D eigenvalue weighted by atomic mass is 10.2. The summed E-state index contributed by atoms with van der Waals surface area (Å²) in [5.41, 5.74) is -1.58. The summed E-state index contributed by atoms with van der Waals surface area (Å²) in [6, 6.07) is 4.43. The minimum Gasteiger partial charge on any atom is -0.464 e. The molecular formula is C11H7ClN2O5. The first-order valence-electron chi connectivity index (χ1n) is 4.98. The first-order chi connectivity index (χ1) is 9.06. The number of hydrogen-bond acceptors (Lipinski definition) is 7. The maximum Gasteiger partial charge on any atom is 0.365 e. The van der Waals surface area contributed by atoms with E-state index in [1.54, 1.807) is 0 Å². The van der Waals surface area contributed by atoms with Crippen molar-refractivity contribution in [2.24, 2.45) is 5.16 Å². The molecule has 0 spiro atoms. The average molecular weight is 283 g/mol. The highest BCUT2D eigenvalue weighted by molar-refractivity contribution is 6.42. The van der Waals surface area contributed by atoms with Crippen molar-refractivity contribution >= 4 is 34.4 Å². The first-order valence-corrected chi connectivity index (χ1v) is 5.35. The standard InChI is InChI=1S/C11H7ClN2O5/c1-18-10(15)9(14-17)8-11(16)19-7-3-2-5(12)4-6(7)13-8/h2-4,17H,1H3. The highest BCUT2D eigenvalue weighted by Crippen LogP contribution is 2.16. The van der Waals surface area contributed by atoms with Gasteiger partial charge in [-0.15, -0.1) is 0 Å². The van der Waals surface area contributed by atoms with E-state index in [0.29, 0.717) is 5.02 Å². The lowest BCUT2D eigenvalue weighted by Gasteiger charge is -2.02. The van der Waals surface area contributed by atoms with Crippen LogP contribution in [0.1, 0.15) is 5.69 Å². The van der Waals surface area contributed by atoms with Gasteiger partial charge < -0.3 is 14.4 Å². The Balaban J connectivity index is 2.70. The number of esters is 1. The van der Waals surface area contributed by atoms with Gasteiger partial charge in [0.15, 0.2) is 11.3 Å². The highest BCUT2D eigenvalue weighted by Gasteiger charge is 2.22. The van der Waals surface area contributed by atoms with Gasteiger partial charge in [-0.2, -0.15) is 0 Å². The molecule has 19 heavy (non-hydrogen) atoms. The summed E-state index contributed by atoms with van der Waals surface area (Å²) >= 11 is 5.78. The summed E-state index contributed by atoms with van der Waals surface area (Å²) in [5.74, 6) is -1.01. The van der Waals surface area contributed by atoms with Crippen molar-refractivity contribution in [3.8, 4) is 0 Å². The van der Waals surface area contributed by atoms with Crippen molar-refractivity contribution in [2.75, 3.05) is 7.11 Å². The van der Waals surface area contributed by atoms with Crippen LogP contribution in [0.2, 0.25) is 5.02 Å². The second kappa shape index (κ2) is 5.07. The topological polar surface area (TPSA) is 102 Å². The van der Waals surface area contributed by atoms with Crippen LogP contribution < -0.4 is 5.63 Å². The minimum atomic E-state index is -1.01. The molecule has 1 N–H and O–H groups in total. The van der Waals surface area contributed by atoms with Crippen molar-refractivity contribution < 1.29 is 19.2 Å². The Morgan fingerprint density at radius 3 is 2.89 bits per heavy atom. The van der Waals surface area contributed by atoms with Gasteiger partial charge in [0, 0.05) is 5.02 Å². The van der Waals surface area contributed by atoms with E-state index in [-0.39, 0.29) is 11.1 Å². The third-order valence-electron chi connectivity index (χ3n) is 2.25. The van der Waals surface area contributed by atoms with E-state index in [2.05, 4.69) is 14.9 Å². The minimum absolute atomic E-state index is 0.195. The van der Waals surface area contributed by atoms with Crippen LogP contribution in [-0.4, -0.2) is 29.0 Å². The van der Waals surface area contributed by atoms with Crippen LogP contribution >= 0.6 is 11.6 Å². The maximum absolute atomic E-state index is 11.7. The summed E-state index contributed by atoms with van der Waals surface area (Å²) in [5, 5.41) is 11.9. The predicted octanol–water partition coefficient (Wildman–Crippen LogP) is 1.19.